The van der Waals surface area contributed by atoms with Gasteiger partial charge in [-0.3, -0.25) is 4.90 Å². The average molecular weight is 407 g/mol. The Morgan fingerprint density at radius 1 is 1.11 bits per heavy atom. The van der Waals surface area contributed by atoms with Gasteiger partial charge in [-0.2, -0.15) is 9.97 Å². The molecule has 0 bridgehead atoms. The molecule has 10 heteroatoms. The van der Waals surface area contributed by atoms with E-state index in [4.69, 9.17) is 13.8 Å². The summed E-state index contributed by atoms with van der Waals surface area (Å²) in [5.41, 5.74) is 0.874. The molecular formula is C18H23ClN6O3. The normalized spacial score (nSPS) is 17.3. The lowest BCUT2D eigenvalue weighted by Gasteiger charge is -2.30. The maximum absolute atomic E-state index is 5.39. The molecule has 1 saturated heterocycles. The van der Waals surface area contributed by atoms with Crippen LogP contribution in [0.5, 0.6) is 5.75 Å². The minimum atomic E-state index is 0. The van der Waals surface area contributed by atoms with Gasteiger partial charge in [0, 0.05) is 38.0 Å². The molecule has 9 nitrogen and oxygen atoms in total. The monoisotopic (exact) mass is 406 g/mol. The van der Waals surface area contributed by atoms with E-state index in [1.54, 1.807) is 7.11 Å². The lowest BCUT2D eigenvalue weighted by Crippen LogP contribution is -2.44. The van der Waals surface area contributed by atoms with Crippen molar-refractivity contribution in [1.29, 1.82) is 0 Å². The van der Waals surface area contributed by atoms with Gasteiger partial charge in [0.2, 0.25) is 17.6 Å². The van der Waals surface area contributed by atoms with Crippen molar-refractivity contribution in [2.45, 2.75) is 18.9 Å². The molecule has 1 N–H and O–H groups in total. The van der Waals surface area contributed by atoms with Crippen LogP contribution in [0.25, 0.3) is 11.4 Å². The van der Waals surface area contributed by atoms with Gasteiger partial charge in [0.05, 0.1) is 13.2 Å². The van der Waals surface area contributed by atoms with E-state index in [0.717, 1.165) is 30.9 Å². The van der Waals surface area contributed by atoms with E-state index in [2.05, 4.69) is 37.5 Å². The number of likely N-dealkylation sites (N-methyl/N-ethyl adjacent to an activating group) is 1. The summed E-state index contributed by atoms with van der Waals surface area (Å²) >= 11 is 0. The molecule has 0 radical (unpaired) electrons. The molecule has 1 unspecified atom stereocenters. The Kier molecular flexibility index (Phi) is 6.61. The molecular weight excluding hydrogens is 384 g/mol. The lowest BCUT2D eigenvalue weighted by molar-refractivity contribution is 0.190. The molecule has 2 aromatic heterocycles. The second kappa shape index (κ2) is 9.13. The molecule has 4 rings (SSSR count). The van der Waals surface area contributed by atoms with Crippen molar-refractivity contribution in [3.63, 3.8) is 0 Å². The quantitative estimate of drug-likeness (QED) is 0.657. The van der Waals surface area contributed by atoms with Gasteiger partial charge in [0.1, 0.15) is 5.75 Å². The number of nitrogens with one attached hydrogen (secondary N) is 1. The number of methoxy groups -OCH3 is 1. The first-order chi connectivity index (χ1) is 13.2. The summed E-state index contributed by atoms with van der Waals surface area (Å²) in [4.78, 5) is 11.2. The second-order valence-electron chi connectivity index (χ2n) is 6.49. The molecule has 3 aromatic rings. The predicted molar refractivity (Wildman–Crippen MR) is 103 cm³/mol. The molecule has 0 aliphatic carbocycles. The molecule has 150 valence electrons. The Balaban J connectivity index is 0.00000225. The highest BCUT2D eigenvalue weighted by Gasteiger charge is 2.25. The van der Waals surface area contributed by atoms with Gasteiger partial charge < -0.3 is 19.1 Å². The Labute approximate surface area is 168 Å². The van der Waals surface area contributed by atoms with Crippen LogP contribution in [0.4, 0.5) is 0 Å². The van der Waals surface area contributed by atoms with E-state index in [1.807, 2.05) is 24.3 Å². The van der Waals surface area contributed by atoms with E-state index >= 15 is 0 Å². The van der Waals surface area contributed by atoms with Gasteiger partial charge in [-0.15, -0.1) is 12.4 Å². The fraction of sp³-hybridized carbons (Fsp3) is 0.444. The van der Waals surface area contributed by atoms with Crippen molar-refractivity contribution in [3.05, 3.63) is 41.9 Å². The number of aryl methyl sites for hydroxylation is 2. The van der Waals surface area contributed by atoms with Crippen LogP contribution in [0, 0.1) is 0 Å². The van der Waals surface area contributed by atoms with Crippen LogP contribution < -0.4 is 10.1 Å². The summed E-state index contributed by atoms with van der Waals surface area (Å²) in [6.45, 7) is 2.76. The van der Waals surface area contributed by atoms with Crippen molar-refractivity contribution >= 4 is 12.4 Å². The Morgan fingerprint density at radius 3 is 2.54 bits per heavy atom. The molecule has 28 heavy (non-hydrogen) atoms. The zero-order chi connectivity index (χ0) is 18.6. The Hall–Kier alpha value is -2.49. The number of aromatic nitrogens is 4. The number of halogens is 1. The number of ether oxygens (including phenoxy) is 1. The number of hydrogen-bond acceptors (Lipinski definition) is 9. The van der Waals surface area contributed by atoms with Crippen LogP contribution in [-0.4, -0.2) is 59.0 Å². The number of nitrogens with zero attached hydrogens (tertiary/aromatic N) is 5. The maximum Gasteiger partial charge on any atom is 0.227 e. The van der Waals surface area contributed by atoms with Crippen molar-refractivity contribution < 1.29 is 13.8 Å². The van der Waals surface area contributed by atoms with E-state index in [0.29, 0.717) is 36.3 Å². The van der Waals surface area contributed by atoms with Crippen molar-refractivity contribution in [2.24, 2.45) is 0 Å². The van der Waals surface area contributed by atoms with E-state index in [-0.39, 0.29) is 18.4 Å². The van der Waals surface area contributed by atoms with Gasteiger partial charge >= 0.3 is 0 Å². The fourth-order valence-corrected chi connectivity index (χ4v) is 3.03. The molecule has 0 spiro atoms. The fourth-order valence-electron chi connectivity index (χ4n) is 3.03. The third kappa shape index (κ3) is 4.49. The third-order valence-electron chi connectivity index (χ3n) is 4.66. The predicted octanol–water partition coefficient (Wildman–Crippen LogP) is 1.91. The smallest absolute Gasteiger partial charge is 0.227 e. The molecule has 1 aliphatic heterocycles. The molecule has 1 aromatic carbocycles. The lowest BCUT2D eigenvalue weighted by atomic mass is 10.2. The van der Waals surface area contributed by atoms with Gasteiger partial charge in [-0.25, -0.2) is 0 Å². The molecule has 0 saturated carbocycles. The van der Waals surface area contributed by atoms with Crippen molar-refractivity contribution in [1.82, 2.24) is 30.5 Å². The maximum atomic E-state index is 5.39. The Bertz CT molecular complexity index is 882. The average Bonchev–Trinajstić information content (AvgIpc) is 3.36. The highest BCUT2D eigenvalue weighted by atomic mass is 35.5. The molecule has 0 amide bonds. The highest BCUT2D eigenvalue weighted by molar-refractivity contribution is 5.85. The van der Waals surface area contributed by atoms with Crippen LogP contribution >= 0.6 is 12.4 Å². The first-order valence-corrected chi connectivity index (χ1v) is 8.93. The number of benzene rings is 1. The van der Waals surface area contributed by atoms with Crippen LogP contribution in [0.1, 0.15) is 23.6 Å². The van der Waals surface area contributed by atoms with Crippen LogP contribution in [0.2, 0.25) is 0 Å². The first kappa shape index (κ1) is 20.2. The summed E-state index contributed by atoms with van der Waals surface area (Å²) < 4.78 is 15.9. The highest BCUT2D eigenvalue weighted by Crippen LogP contribution is 2.21. The zero-order valence-electron chi connectivity index (χ0n) is 15.8. The Morgan fingerprint density at radius 2 is 1.82 bits per heavy atom. The summed E-state index contributed by atoms with van der Waals surface area (Å²) in [7, 11) is 3.70. The van der Waals surface area contributed by atoms with Crippen LogP contribution in [0.3, 0.4) is 0 Å². The van der Waals surface area contributed by atoms with E-state index < -0.39 is 0 Å². The van der Waals surface area contributed by atoms with E-state index in [9.17, 15) is 0 Å². The summed E-state index contributed by atoms with van der Waals surface area (Å²) in [5, 5.41) is 11.5. The first-order valence-electron chi connectivity index (χ1n) is 8.93. The summed E-state index contributed by atoms with van der Waals surface area (Å²) in [6, 6.07) is 7.66. The zero-order valence-corrected chi connectivity index (χ0v) is 16.6. The van der Waals surface area contributed by atoms with Crippen LogP contribution in [-0.2, 0) is 12.8 Å². The molecule has 3 heterocycles. The third-order valence-corrected chi connectivity index (χ3v) is 4.66. The topological polar surface area (TPSA) is 102 Å². The molecule has 1 atom stereocenters. The van der Waals surface area contributed by atoms with Gasteiger partial charge in [0.25, 0.3) is 0 Å². The number of rotatable bonds is 6. The summed E-state index contributed by atoms with van der Waals surface area (Å²) in [6.07, 6.45) is 1.10. The minimum absolute atomic E-state index is 0. The molecule has 1 fully saturated rings. The SMILES string of the molecule is COc1ccc(-c2noc(CCc3nc(C4CNCCN4C)no3)n2)cc1.Cl. The second-order valence-corrected chi connectivity index (χ2v) is 6.49. The largest absolute Gasteiger partial charge is 0.497 e. The number of piperazine rings is 1. The standard InChI is InChI=1S/C18H22N6O3.ClH/c1-24-10-9-19-11-14(24)18-21-16(27-23-18)8-7-15-20-17(22-26-15)12-3-5-13(25-2)6-4-12;/h3-6,14,19H,7-11H2,1-2H3;1H. The molecule has 1 aliphatic rings. The van der Waals surface area contributed by atoms with Crippen LogP contribution in [0.15, 0.2) is 33.3 Å². The van der Waals surface area contributed by atoms with Gasteiger partial charge in [0.15, 0.2) is 5.82 Å². The minimum Gasteiger partial charge on any atom is -0.497 e. The van der Waals surface area contributed by atoms with Crippen molar-refractivity contribution in [2.75, 3.05) is 33.8 Å². The van der Waals surface area contributed by atoms with Gasteiger partial charge in [-0.05, 0) is 31.3 Å². The van der Waals surface area contributed by atoms with E-state index in [1.165, 1.54) is 0 Å². The van der Waals surface area contributed by atoms with Gasteiger partial charge in [-0.1, -0.05) is 10.3 Å². The number of hydrogen-bond donors (Lipinski definition) is 1. The summed E-state index contributed by atoms with van der Waals surface area (Å²) in [5.74, 6) is 3.16. The van der Waals surface area contributed by atoms with Crippen molar-refractivity contribution in [3.8, 4) is 17.1 Å².